The van der Waals surface area contributed by atoms with Gasteiger partial charge in [-0.15, -0.1) is 0 Å². The smallest absolute Gasteiger partial charge is 0.122 e. The minimum atomic E-state index is 0.129. The van der Waals surface area contributed by atoms with Gasteiger partial charge in [0.05, 0.1) is 0 Å². The number of benzene rings is 1. The van der Waals surface area contributed by atoms with Gasteiger partial charge in [0, 0.05) is 16.6 Å². The fraction of sp³-hybridized carbons (Fsp3) is 0.625. The number of nitrogens with one attached hydrogen (secondary N) is 1. The van der Waals surface area contributed by atoms with E-state index in [0.717, 1.165) is 29.6 Å². The summed E-state index contributed by atoms with van der Waals surface area (Å²) in [4.78, 5) is 0. The molecule has 0 aliphatic carbocycles. The van der Waals surface area contributed by atoms with E-state index in [0.29, 0.717) is 0 Å². The van der Waals surface area contributed by atoms with Gasteiger partial charge in [-0.05, 0) is 57.9 Å². The molecule has 0 aliphatic heterocycles. The van der Waals surface area contributed by atoms with Gasteiger partial charge in [-0.3, -0.25) is 0 Å². The van der Waals surface area contributed by atoms with Crippen molar-refractivity contribution in [3.63, 3.8) is 0 Å². The Morgan fingerprint density at radius 1 is 1.32 bits per heavy atom. The third kappa shape index (κ3) is 6.44. The van der Waals surface area contributed by atoms with Gasteiger partial charge in [-0.25, -0.2) is 0 Å². The third-order valence-corrected chi connectivity index (χ3v) is 3.39. The quantitative estimate of drug-likeness (QED) is 0.818. The number of ether oxygens (including phenoxy) is 1. The molecule has 1 atom stereocenters. The third-order valence-electron chi connectivity index (χ3n) is 2.90. The SMILES string of the molecule is CCCC(CNC(C)(C)C)Oc1ccc(Br)cc1C. The number of halogens is 1. The molecule has 108 valence electrons. The Kier molecular flexibility index (Phi) is 6.34. The van der Waals surface area contributed by atoms with E-state index in [9.17, 15) is 0 Å². The molecule has 0 spiro atoms. The van der Waals surface area contributed by atoms with Gasteiger partial charge >= 0.3 is 0 Å². The van der Waals surface area contributed by atoms with Crippen molar-refractivity contribution in [3.05, 3.63) is 28.2 Å². The molecular formula is C16H26BrNO. The number of aryl methyl sites for hydroxylation is 1. The Balaban J connectivity index is 2.67. The molecule has 0 radical (unpaired) electrons. The first-order valence-corrected chi connectivity index (χ1v) is 7.79. The topological polar surface area (TPSA) is 21.3 Å². The average Bonchev–Trinajstić information content (AvgIpc) is 2.28. The van der Waals surface area contributed by atoms with Crippen LogP contribution in [0.25, 0.3) is 0 Å². The van der Waals surface area contributed by atoms with Crippen molar-refractivity contribution in [2.75, 3.05) is 6.54 Å². The predicted octanol–water partition coefficient (Wildman–Crippen LogP) is 4.69. The number of rotatable bonds is 6. The molecule has 0 bridgehead atoms. The maximum Gasteiger partial charge on any atom is 0.122 e. The fourth-order valence-electron chi connectivity index (χ4n) is 1.87. The lowest BCUT2D eigenvalue weighted by atomic mass is 10.1. The standard InChI is InChI=1S/C16H26BrNO/c1-6-7-14(11-18-16(3,4)5)19-15-9-8-13(17)10-12(15)2/h8-10,14,18H,6-7,11H2,1-5H3. The van der Waals surface area contributed by atoms with E-state index in [1.165, 1.54) is 5.56 Å². The maximum absolute atomic E-state index is 6.15. The Bertz CT molecular complexity index is 398. The molecule has 2 nitrogen and oxygen atoms in total. The van der Waals surface area contributed by atoms with E-state index < -0.39 is 0 Å². The molecular weight excluding hydrogens is 302 g/mol. The second kappa shape index (κ2) is 7.30. The van der Waals surface area contributed by atoms with Gasteiger partial charge in [0.15, 0.2) is 0 Å². The monoisotopic (exact) mass is 327 g/mol. The summed E-state index contributed by atoms with van der Waals surface area (Å²) >= 11 is 3.48. The largest absolute Gasteiger partial charge is 0.489 e. The average molecular weight is 328 g/mol. The van der Waals surface area contributed by atoms with Crippen LogP contribution in [0.3, 0.4) is 0 Å². The number of hydrogen-bond donors (Lipinski definition) is 1. The molecule has 0 heterocycles. The van der Waals surface area contributed by atoms with Crippen LogP contribution in [-0.2, 0) is 0 Å². The zero-order valence-corrected chi connectivity index (χ0v) is 14.3. The van der Waals surface area contributed by atoms with Crippen LogP contribution in [0.15, 0.2) is 22.7 Å². The minimum Gasteiger partial charge on any atom is -0.489 e. The van der Waals surface area contributed by atoms with Crippen LogP contribution in [0.4, 0.5) is 0 Å². The zero-order chi connectivity index (χ0) is 14.5. The van der Waals surface area contributed by atoms with Gasteiger partial charge in [-0.2, -0.15) is 0 Å². The highest BCUT2D eigenvalue weighted by Gasteiger charge is 2.15. The van der Waals surface area contributed by atoms with Crippen molar-refractivity contribution in [1.29, 1.82) is 0 Å². The van der Waals surface area contributed by atoms with Gasteiger partial charge in [-0.1, -0.05) is 29.3 Å². The summed E-state index contributed by atoms with van der Waals surface area (Å²) in [6.45, 7) is 11.7. The lowest BCUT2D eigenvalue weighted by Crippen LogP contribution is -2.42. The Morgan fingerprint density at radius 3 is 2.53 bits per heavy atom. The molecule has 1 unspecified atom stereocenters. The van der Waals surface area contributed by atoms with Crippen molar-refractivity contribution in [3.8, 4) is 5.75 Å². The van der Waals surface area contributed by atoms with Crippen molar-refractivity contribution in [2.24, 2.45) is 0 Å². The summed E-state index contributed by atoms with van der Waals surface area (Å²) in [5, 5.41) is 3.52. The first-order chi connectivity index (χ1) is 8.81. The van der Waals surface area contributed by atoms with Crippen molar-refractivity contribution in [1.82, 2.24) is 5.32 Å². The van der Waals surface area contributed by atoms with Crippen LogP contribution in [0.2, 0.25) is 0 Å². The highest BCUT2D eigenvalue weighted by molar-refractivity contribution is 9.10. The van der Waals surface area contributed by atoms with Crippen LogP contribution in [0.1, 0.15) is 46.1 Å². The predicted molar refractivity (Wildman–Crippen MR) is 86.0 cm³/mol. The Hall–Kier alpha value is -0.540. The van der Waals surface area contributed by atoms with E-state index in [-0.39, 0.29) is 11.6 Å². The molecule has 1 aromatic rings. The molecule has 0 aromatic heterocycles. The van der Waals surface area contributed by atoms with Gasteiger partial charge in [0.1, 0.15) is 11.9 Å². The highest BCUT2D eigenvalue weighted by Crippen LogP contribution is 2.24. The van der Waals surface area contributed by atoms with Crippen molar-refractivity contribution >= 4 is 15.9 Å². The van der Waals surface area contributed by atoms with Crippen LogP contribution < -0.4 is 10.1 Å². The lowest BCUT2D eigenvalue weighted by Gasteiger charge is -2.26. The lowest BCUT2D eigenvalue weighted by molar-refractivity contribution is 0.174. The van der Waals surface area contributed by atoms with Crippen LogP contribution in [0.5, 0.6) is 5.75 Å². The molecule has 0 saturated heterocycles. The van der Waals surface area contributed by atoms with E-state index in [2.05, 4.69) is 61.9 Å². The van der Waals surface area contributed by atoms with Crippen molar-refractivity contribution < 1.29 is 4.74 Å². The van der Waals surface area contributed by atoms with E-state index in [1.54, 1.807) is 0 Å². The molecule has 0 aliphatic rings. The molecule has 19 heavy (non-hydrogen) atoms. The normalized spacial score (nSPS) is 13.4. The summed E-state index contributed by atoms with van der Waals surface area (Å²) in [7, 11) is 0. The summed E-state index contributed by atoms with van der Waals surface area (Å²) in [6.07, 6.45) is 2.43. The highest BCUT2D eigenvalue weighted by atomic mass is 79.9. The molecule has 0 fully saturated rings. The molecule has 1 N–H and O–H groups in total. The fourth-order valence-corrected chi connectivity index (χ4v) is 2.34. The number of hydrogen-bond acceptors (Lipinski definition) is 2. The molecule has 1 rings (SSSR count). The van der Waals surface area contributed by atoms with Crippen molar-refractivity contribution in [2.45, 2.75) is 59.1 Å². The summed E-state index contributed by atoms with van der Waals surface area (Å²) < 4.78 is 7.25. The molecule has 0 saturated carbocycles. The zero-order valence-electron chi connectivity index (χ0n) is 12.7. The molecule has 3 heteroatoms. The van der Waals surface area contributed by atoms with Gasteiger partial charge in [0.2, 0.25) is 0 Å². The summed E-state index contributed by atoms with van der Waals surface area (Å²) in [5.74, 6) is 0.984. The second-order valence-corrected chi connectivity index (χ2v) is 6.98. The Morgan fingerprint density at radius 2 is 2.00 bits per heavy atom. The van der Waals surface area contributed by atoms with E-state index >= 15 is 0 Å². The van der Waals surface area contributed by atoms with E-state index in [1.807, 2.05) is 12.1 Å². The second-order valence-electron chi connectivity index (χ2n) is 6.07. The summed E-state index contributed by atoms with van der Waals surface area (Å²) in [6, 6.07) is 6.16. The Labute approximate surface area is 126 Å². The minimum absolute atomic E-state index is 0.129. The van der Waals surface area contributed by atoms with Gasteiger partial charge in [0.25, 0.3) is 0 Å². The van der Waals surface area contributed by atoms with Crippen LogP contribution >= 0.6 is 15.9 Å². The first-order valence-electron chi connectivity index (χ1n) is 6.99. The molecule has 1 aromatic carbocycles. The van der Waals surface area contributed by atoms with Crippen LogP contribution in [0, 0.1) is 6.92 Å². The molecule has 0 amide bonds. The van der Waals surface area contributed by atoms with E-state index in [4.69, 9.17) is 4.74 Å². The maximum atomic E-state index is 6.15. The first kappa shape index (κ1) is 16.5. The van der Waals surface area contributed by atoms with Crippen LogP contribution in [-0.4, -0.2) is 18.2 Å². The van der Waals surface area contributed by atoms with Gasteiger partial charge < -0.3 is 10.1 Å². The summed E-state index contributed by atoms with van der Waals surface area (Å²) in [5.41, 5.74) is 1.30.